The fourth-order valence-electron chi connectivity index (χ4n) is 4.73. The highest BCUT2D eigenvalue weighted by atomic mass is 16.2. The summed E-state index contributed by atoms with van der Waals surface area (Å²) in [5.41, 5.74) is 4.80. The number of nitrogens with zero attached hydrogens (tertiary/aromatic N) is 3. The first kappa shape index (κ1) is 36.9. The Kier molecular flexibility index (Phi) is 14.2. The van der Waals surface area contributed by atoms with E-state index in [-0.39, 0.29) is 31.7 Å². The van der Waals surface area contributed by atoms with Crippen LogP contribution in [0.25, 0.3) is 10.9 Å². The van der Waals surface area contributed by atoms with Crippen molar-refractivity contribution in [3.63, 3.8) is 0 Å². The van der Waals surface area contributed by atoms with Crippen molar-refractivity contribution in [2.24, 2.45) is 0 Å². The zero-order valence-corrected chi connectivity index (χ0v) is 25.5. The minimum atomic E-state index is 0. The van der Waals surface area contributed by atoms with Crippen molar-refractivity contribution in [1.29, 1.82) is 0 Å². The second kappa shape index (κ2) is 15.0. The Morgan fingerprint density at radius 3 is 1.82 bits per heavy atom. The lowest BCUT2D eigenvalue weighted by Gasteiger charge is -2.42. The molecule has 2 aliphatic rings. The van der Waals surface area contributed by atoms with Crippen molar-refractivity contribution in [3.05, 3.63) is 48.2 Å². The summed E-state index contributed by atoms with van der Waals surface area (Å²) in [4.78, 5) is 21.1. The molecule has 224 valence electrons. The van der Waals surface area contributed by atoms with Gasteiger partial charge in [-0.3, -0.25) is 14.6 Å². The molecule has 1 amide bonds. The summed E-state index contributed by atoms with van der Waals surface area (Å²) >= 11 is 0. The Morgan fingerprint density at radius 2 is 1.38 bits per heavy atom. The van der Waals surface area contributed by atoms with Crippen LogP contribution >= 0.6 is 0 Å². The summed E-state index contributed by atoms with van der Waals surface area (Å²) in [7, 11) is 0. The summed E-state index contributed by atoms with van der Waals surface area (Å²) in [5.74, 6) is 0.202. The molecule has 4 rings (SSSR count). The second-order valence-electron chi connectivity index (χ2n) is 13.6. The number of benzene rings is 1. The predicted octanol–water partition coefficient (Wildman–Crippen LogP) is 8.12. The van der Waals surface area contributed by atoms with Gasteiger partial charge in [-0.05, 0) is 95.5 Å². The molecule has 0 saturated carbocycles. The summed E-state index contributed by atoms with van der Waals surface area (Å²) < 4.78 is 0. The first-order valence-corrected chi connectivity index (χ1v) is 14.0. The standard InChI is InChI=1S/C12H15N.C10H20N2O.C10H19N.2CH4/c1-12(2,3)10-4-5-11-9(8-10)6-7-13-11;1-9(13)11-5-7-12(8-6-11)10(2,3)4;1-9-6-5-7-11(8-9)10(2,3)4;;/h4-8,13H,1-3H3;5-8H2,1-4H3;1,5-8H2,2-4H3;2*1H4. The number of carbonyl (C=O) groups is 1. The molecule has 2 aromatic rings. The number of carbonyl (C=O) groups excluding carboxylic acids is 1. The van der Waals surface area contributed by atoms with Gasteiger partial charge in [-0.25, -0.2) is 0 Å². The van der Waals surface area contributed by atoms with Crippen molar-refractivity contribution in [3.8, 4) is 0 Å². The van der Waals surface area contributed by atoms with Gasteiger partial charge in [0.25, 0.3) is 0 Å². The quantitative estimate of drug-likeness (QED) is 0.342. The van der Waals surface area contributed by atoms with Crippen LogP contribution in [-0.4, -0.2) is 75.9 Å². The van der Waals surface area contributed by atoms with E-state index in [1.165, 1.54) is 41.4 Å². The van der Waals surface area contributed by atoms with Gasteiger partial charge in [0.05, 0.1) is 0 Å². The van der Waals surface area contributed by atoms with Gasteiger partial charge < -0.3 is 9.88 Å². The van der Waals surface area contributed by atoms with Gasteiger partial charge in [0.1, 0.15) is 0 Å². The molecule has 1 aromatic heterocycles. The molecule has 0 aliphatic carbocycles. The third-order valence-corrected chi connectivity index (χ3v) is 7.41. The van der Waals surface area contributed by atoms with Crippen LogP contribution < -0.4 is 0 Å². The van der Waals surface area contributed by atoms with Crippen LogP contribution in [0.3, 0.4) is 0 Å². The van der Waals surface area contributed by atoms with Crippen LogP contribution in [-0.2, 0) is 10.2 Å². The number of nitrogens with one attached hydrogen (secondary N) is 1. The summed E-state index contributed by atoms with van der Waals surface area (Å²) in [6.07, 6.45) is 4.50. The van der Waals surface area contributed by atoms with E-state index in [2.05, 4.69) is 108 Å². The van der Waals surface area contributed by atoms with Gasteiger partial charge in [0.15, 0.2) is 0 Å². The Labute approximate surface area is 242 Å². The minimum absolute atomic E-state index is 0. The number of likely N-dealkylation sites (tertiary alicyclic amines) is 1. The van der Waals surface area contributed by atoms with Crippen LogP contribution in [0, 0.1) is 0 Å². The molecular weight excluding hydrogens is 480 g/mol. The molecule has 2 aliphatic heterocycles. The maximum atomic E-state index is 11.1. The Hall–Kier alpha value is -2.11. The minimum Gasteiger partial charge on any atom is -0.361 e. The van der Waals surface area contributed by atoms with Crippen molar-refractivity contribution < 1.29 is 4.79 Å². The number of piperazine rings is 1. The molecule has 0 radical (unpaired) electrons. The van der Waals surface area contributed by atoms with Crippen LogP contribution in [0.2, 0.25) is 0 Å². The molecule has 3 heterocycles. The van der Waals surface area contributed by atoms with Crippen molar-refractivity contribution in [2.75, 3.05) is 39.3 Å². The smallest absolute Gasteiger partial charge is 0.219 e. The molecule has 0 atom stereocenters. The van der Waals surface area contributed by atoms with Crippen LogP contribution in [0.1, 0.15) is 102 Å². The lowest BCUT2D eigenvalue weighted by molar-refractivity contribution is -0.131. The number of hydrogen-bond donors (Lipinski definition) is 1. The average molecular weight is 543 g/mol. The number of H-pyrrole nitrogens is 1. The van der Waals surface area contributed by atoms with E-state index in [9.17, 15) is 4.79 Å². The van der Waals surface area contributed by atoms with Crippen LogP contribution in [0.4, 0.5) is 0 Å². The number of amides is 1. The van der Waals surface area contributed by atoms with E-state index >= 15 is 0 Å². The normalized spacial score (nSPS) is 17.2. The lowest BCUT2D eigenvalue weighted by atomic mass is 9.86. The molecule has 5 heteroatoms. The third-order valence-electron chi connectivity index (χ3n) is 7.41. The predicted molar refractivity (Wildman–Crippen MR) is 174 cm³/mol. The van der Waals surface area contributed by atoms with E-state index in [1.807, 2.05) is 11.1 Å². The highest BCUT2D eigenvalue weighted by Gasteiger charge is 2.26. The SMILES string of the molecule is C.C.C=C1CCCN(C(C)(C)C)C1.CC(=O)N1CCN(C(C)(C)C)CC1.CC(C)(C)c1ccc2[nH]ccc2c1. The van der Waals surface area contributed by atoms with Crippen molar-refractivity contribution >= 4 is 16.8 Å². The number of aromatic nitrogens is 1. The second-order valence-corrected chi connectivity index (χ2v) is 13.6. The fourth-order valence-corrected chi connectivity index (χ4v) is 4.73. The number of piperidine rings is 1. The topological polar surface area (TPSA) is 42.6 Å². The highest BCUT2D eigenvalue weighted by Crippen LogP contribution is 2.25. The Balaban J connectivity index is 0.000000544. The van der Waals surface area contributed by atoms with Gasteiger partial charge in [-0.2, -0.15) is 0 Å². The molecule has 5 nitrogen and oxygen atoms in total. The van der Waals surface area contributed by atoms with E-state index in [0.29, 0.717) is 5.54 Å². The van der Waals surface area contributed by atoms with Crippen molar-refractivity contribution in [2.45, 2.75) is 113 Å². The molecular formula is C34H62N4O. The summed E-state index contributed by atoms with van der Waals surface area (Å²) in [6, 6.07) is 8.71. The molecule has 1 aromatic carbocycles. The summed E-state index contributed by atoms with van der Waals surface area (Å²) in [5, 5.41) is 1.30. The van der Waals surface area contributed by atoms with E-state index in [4.69, 9.17) is 0 Å². The van der Waals surface area contributed by atoms with E-state index in [1.54, 1.807) is 6.92 Å². The molecule has 2 saturated heterocycles. The van der Waals surface area contributed by atoms with Gasteiger partial charge in [-0.1, -0.05) is 53.8 Å². The van der Waals surface area contributed by atoms with Crippen LogP contribution in [0.15, 0.2) is 42.6 Å². The zero-order valence-electron chi connectivity index (χ0n) is 25.5. The molecule has 0 unspecified atom stereocenters. The third kappa shape index (κ3) is 11.9. The Morgan fingerprint density at radius 1 is 0.821 bits per heavy atom. The number of rotatable bonds is 0. The van der Waals surface area contributed by atoms with Gasteiger partial charge in [0.2, 0.25) is 5.91 Å². The van der Waals surface area contributed by atoms with E-state index < -0.39 is 0 Å². The number of aromatic amines is 1. The fraction of sp³-hybridized carbons (Fsp3) is 0.676. The number of fused-ring (bicyclic) bond motifs is 1. The monoisotopic (exact) mass is 542 g/mol. The first-order chi connectivity index (χ1) is 17.0. The molecule has 39 heavy (non-hydrogen) atoms. The van der Waals surface area contributed by atoms with Crippen molar-refractivity contribution in [1.82, 2.24) is 19.7 Å². The van der Waals surface area contributed by atoms with Crippen LogP contribution in [0.5, 0.6) is 0 Å². The van der Waals surface area contributed by atoms with Gasteiger partial charge in [-0.15, -0.1) is 0 Å². The number of hydrogen-bond acceptors (Lipinski definition) is 3. The molecule has 0 bridgehead atoms. The van der Waals surface area contributed by atoms with Gasteiger partial charge >= 0.3 is 0 Å². The Bertz CT molecular complexity index is 1010. The first-order valence-electron chi connectivity index (χ1n) is 14.0. The molecule has 0 spiro atoms. The molecule has 1 N–H and O–H groups in total. The largest absolute Gasteiger partial charge is 0.361 e. The lowest BCUT2D eigenvalue weighted by Crippen LogP contribution is -2.54. The highest BCUT2D eigenvalue weighted by molar-refractivity contribution is 5.80. The molecule has 2 fully saturated rings. The maximum absolute atomic E-state index is 11.1. The average Bonchev–Trinajstić information content (AvgIpc) is 3.26. The van der Waals surface area contributed by atoms with E-state index in [0.717, 1.165) is 32.7 Å². The van der Waals surface area contributed by atoms with Gasteiger partial charge in [0, 0.05) is 62.4 Å². The summed E-state index contributed by atoms with van der Waals surface area (Å²) in [6.45, 7) is 32.0. The zero-order chi connectivity index (χ0) is 28.0. The maximum Gasteiger partial charge on any atom is 0.219 e.